The molecule has 46 heavy (non-hydrogen) atoms. The highest BCUT2D eigenvalue weighted by molar-refractivity contribution is 7.89. The summed E-state index contributed by atoms with van der Waals surface area (Å²) >= 11 is 0. The molecule has 0 spiro atoms. The van der Waals surface area contributed by atoms with Crippen LogP contribution in [0.1, 0.15) is 18.0 Å². The van der Waals surface area contributed by atoms with Gasteiger partial charge < -0.3 is 15.7 Å². The van der Waals surface area contributed by atoms with E-state index >= 15 is 0 Å². The van der Waals surface area contributed by atoms with Crippen molar-refractivity contribution in [1.82, 2.24) is 34.6 Å². The molecule has 4 rings (SSSR count). The predicted molar refractivity (Wildman–Crippen MR) is 158 cm³/mol. The summed E-state index contributed by atoms with van der Waals surface area (Å²) in [7, 11) is -8.00. The Morgan fingerprint density at radius 1 is 0.957 bits per heavy atom. The highest BCUT2D eigenvalue weighted by Crippen LogP contribution is 2.21. The van der Waals surface area contributed by atoms with E-state index < -0.39 is 80.3 Å². The first-order valence-corrected chi connectivity index (χ1v) is 17.3. The van der Waals surface area contributed by atoms with Gasteiger partial charge in [0.25, 0.3) is 5.91 Å². The number of nitrogens with one attached hydrogen (secondary N) is 3. The van der Waals surface area contributed by atoms with Crippen molar-refractivity contribution in [1.29, 1.82) is 0 Å². The molecule has 2 saturated heterocycles. The minimum atomic E-state index is -4.05. The van der Waals surface area contributed by atoms with Crippen molar-refractivity contribution in [2.24, 2.45) is 0 Å². The van der Waals surface area contributed by atoms with E-state index in [9.17, 15) is 50.7 Å². The molecule has 2 heterocycles. The quantitative estimate of drug-likeness (QED) is 0.212. The molecule has 4 N–H and O–H groups in total. The molecule has 0 saturated carbocycles. The highest BCUT2D eigenvalue weighted by Gasteiger charge is 2.46. The van der Waals surface area contributed by atoms with E-state index in [4.69, 9.17) is 0 Å². The summed E-state index contributed by atoms with van der Waals surface area (Å²) in [5.74, 6) is -3.85. The topological polar surface area (TPSA) is 240 Å². The maximum Gasteiger partial charge on any atom is 0.341 e. The lowest BCUT2D eigenvalue weighted by Gasteiger charge is -2.30. The average molecular weight is 682 g/mol. The molecule has 1 unspecified atom stereocenters. The van der Waals surface area contributed by atoms with Crippen LogP contribution in [-0.2, 0) is 39.2 Å². The molecular formula is C26H31N7O11S2. The van der Waals surface area contributed by atoms with Gasteiger partial charge in [-0.25, -0.2) is 40.4 Å². The van der Waals surface area contributed by atoms with Crippen LogP contribution in [0.25, 0.3) is 0 Å². The van der Waals surface area contributed by atoms with Crippen LogP contribution in [0.4, 0.5) is 9.59 Å². The predicted octanol–water partition coefficient (Wildman–Crippen LogP) is -1.91. The minimum absolute atomic E-state index is 0.0676. The number of imide groups is 1. The second kappa shape index (κ2) is 13.4. The summed E-state index contributed by atoms with van der Waals surface area (Å²) in [5, 5.41) is 15.3. The molecule has 1 aliphatic carbocycles. The number of Topliss-reactive ketones (excluding diaryl/α,β-unsaturated/α-hetero) is 1. The van der Waals surface area contributed by atoms with E-state index in [0.717, 1.165) is 21.8 Å². The third-order valence-electron chi connectivity index (χ3n) is 7.18. The zero-order valence-corrected chi connectivity index (χ0v) is 26.2. The van der Waals surface area contributed by atoms with E-state index in [1.807, 2.05) is 0 Å². The van der Waals surface area contributed by atoms with Crippen LogP contribution >= 0.6 is 0 Å². The fourth-order valence-corrected chi connectivity index (χ4v) is 6.78. The van der Waals surface area contributed by atoms with Crippen LogP contribution in [-0.4, -0.2) is 127 Å². The van der Waals surface area contributed by atoms with Crippen molar-refractivity contribution in [3.63, 3.8) is 0 Å². The molecule has 0 aromatic heterocycles. The first-order chi connectivity index (χ1) is 21.5. The van der Waals surface area contributed by atoms with Crippen molar-refractivity contribution in [2.45, 2.75) is 24.7 Å². The van der Waals surface area contributed by atoms with Gasteiger partial charge in [0.15, 0.2) is 18.0 Å². The molecule has 248 valence electrons. The van der Waals surface area contributed by atoms with Crippen molar-refractivity contribution in [3.05, 3.63) is 59.7 Å². The second-order valence-corrected chi connectivity index (χ2v) is 14.3. The van der Waals surface area contributed by atoms with E-state index in [1.54, 1.807) is 18.2 Å². The van der Waals surface area contributed by atoms with Crippen molar-refractivity contribution >= 4 is 55.7 Å². The van der Waals surface area contributed by atoms with Gasteiger partial charge in [0.1, 0.15) is 6.04 Å². The first kappa shape index (κ1) is 34.2. The number of rotatable bonds is 10. The van der Waals surface area contributed by atoms with Crippen LogP contribution in [0.3, 0.4) is 0 Å². The number of hydrogen-bond acceptors (Lipinski definition) is 11. The zero-order valence-electron chi connectivity index (χ0n) is 24.5. The first-order valence-electron chi connectivity index (χ1n) is 13.6. The Hall–Kier alpha value is -4.66. The molecule has 2 aliphatic heterocycles. The summed E-state index contributed by atoms with van der Waals surface area (Å²) in [5.41, 5.74) is 2.52. The largest absolute Gasteiger partial charge is 0.479 e. The lowest BCUT2D eigenvalue weighted by Crippen LogP contribution is -2.60. The Morgan fingerprint density at radius 2 is 1.63 bits per heavy atom. The smallest absolute Gasteiger partial charge is 0.341 e. The molecule has 1 aromatic carbocycles. The van der Waals surface area contributed by atoms with Crippen molar-refractivity contribution < 1.29 is 50.7 Å². The van der Waals surface area contributed by atoms with Gasteiger partial charge in [-0.05, 0) is 5.56 Å². The van der Waals surface area contributed by atoms with E-state index in [-0.39, 0.29) is 31.8 Å². The molecule has 1 aromatic rings. The lowest BCUT2D eigenvalue weighted by molar-refractivity contribution is -0.142. The number of carboxylic acid groups (broad SMARTS) is 1. The fourth-order valence-electron chi connectivity index (χ4n) is 5.00. The van der Waals surface area contributed by atoms with Gasteiger partial charge in [-0.3, -0.25) is 19.8 Å². The molecule has 0 bridgehead atoms. The maximum atomic E-state index is 13.5. The number of benzene rings is 1. The molecule has 3 aliphatic rings. The number of hydrogen-bond donors (Lipinski definition) is 4. The molecule has 2 fully saturated rings. The minimum Gasteiger partial charge on any atom is -0.479 e. The summed E-state index contributed by atoms with van der Waals surface area (Å²) in [6.45, 7) is -1.05. The Balaban J connectivity index is 1.44. The van der Waals surface area contributed by atoms with Crippen LogP contribution in [0, 0.1) is 0 Å². The van der Waals surface area contributed by atoms with Crippen LogP contribution in [0.5, 0.6) is 0 Å². The highest BCUT2D eigenvalue weighted by atomic mass is 32.2. The number of carbonyl (C=O) groups excluding carboxylic acids is 5. The van der Waals surface area contributed by atoms with Crippen LogP contribution in [0.15, 0.2) is 54.1 Å². The number of nitrogens with zero attached hydrogens (tertiary/aromatic N) is 4. The fraction of sp³-hybridized carbons (Fsp3) is 0.385. The zero-order chi connectivity index (χ0) is 34.0. The third kappa shape index (κ3) is 7.58. The van der Waals surface area contributed by atoms with Crippen molar-refractivity contribution in [2.75, 3.05) is 38.7 Å². The number of hydrazine groups is 1. The van der Waals surface area contributed by atoms with Crippen molar-refractivity contribution in [3.8, 4) is 0 Å². The number of sulfonamides is 2. The lowest BCUT2D eigenvalue weighted by atomic mass is 9.95. The van der Waals surface area contributed by atoms with Crippen LogP contribution < -0.4 is 16.1 Å². The average Bonchev–Trinajstić information content (AvgIpc) is 3.58. The third-order valence-corrected chi connectivity index (χ3v) is 9.55. The second-order valence-electron chi connectivity index (χ2n) is 10.5. The van der Waals surface area contributed by atoms with E-state index in [2.05, 4.69) is 16.1 Å². The number of carbonyl (C=O) groups is 6. The number of urea groups is 2. The molecule has 3 atom stereocenters. The molecule has 0 radical (unpaired) electrons. The molecule has 18 nitrogen and oxygen atoms in total. The Kier molecular flexibility index (Phi) is 9.94. The van der Waals surface area contributed by atoms with Gasteiger partial charge in [-0.15, -0.1) is 0 Å². The molecule has 6 amide bonds. The SMILES string of the molecule is CS(=O)(=O)N1CCN(C(=O)NN2CCN(S(C)(=O)=O)[C@@H]2C(=O)N[C@H]2C=CC=C(CC(=O)NC(C(=O)O)c3ccccc3)C2=O)C1=O. The molecular weight excluding hydrogens is 650 g/mol. The number of ketones is 1. The summed E-state index contributed by atoms with van der Waals surface area (Å²) < 4.78 is 49.9. The van der Waals surface area contributed by atoms with E-state index in [1.165, 1.54) is 30.4 Å². The number of allylic oxidation sites excluding steroid dienone is 2. The number of amides is 6. The molecule has 20 heteroatoms. The monoisotopic (exact) mass is 681 g/mol. The van der Waals surface area contributed by atoms with E-state index in [0.29, 0.717) is 14.8 Å². The maximum absolute atomic E-state index is 13.5. The summed E-state index contributed by atoms with van der Waals surface area (Å²) in [4.78, 5) is 77.1. The van der Waals surface area contributed by atoms with Gasteiger partial charge in [0.05, 0.1) is 32.0 Å². The van der Waals surface area contributed by atoms with Gasteiger partial charge in [0, 0.05) is 18.7 Å². The standard InChI is InChI=1S/C26H31N7O11S2/c1-45(41,42)32-14-12-31(29-25(39)30-11-13-33(26(30)40)46(2,43)44)23(32)22(36)27-18-10-6-9-17(21(18)35)15-19(34)28-20(24(37)38)16-7-4-3-5-8-16/h3-10,18,20,23H,11-15H2,1-2H3,(H,27,36)(H,28,34)(H,29,39)(H,37,38)/t18-,20?,23+/m0/s1. The Bertz CT molecular complexity index is 1730. The number of aliphatic carboxylic acids is 1. The number of carboxylic acids is 1. The normalized spacial score (nSPS) is 21.6. The summed E-state index contributed by atoms with van der Waals surface area (Å²) in [6, 6.07) is 2.94. The van der Waals surface area contributed by atoms with Gasteiger partial charge in [-0.1, -0.05) is 48.6 Å². The van der Waals surface area contributed by atoms with Crippen LogP contribution in [0.2, 0.25) is 0 Å². The van der Waals surface area contributed by atoms with Gasteiger partial charge in [-0.2, -0.15) is 9.31 Å². The Labute approximate surface area is 263 Å². The Morgan fingerprint density at radius 3 is 2.22 bits per heavy atom. The summed E-state index contributed by atoms with van der Waals surface area (Å²) in [6.07, 6.45) is 3.39. The van der Waals surface area contributed by atoms with Gasteiger partial charge in [0.2, 0.25) is 26.0 Å². The van der Waals surface area contributed by atoms with Gasteiger partial charge >= 0.3 is 18.0 Å².